The van der Waals surface area contributed by atoms with Crippen LogP contribution in [0.25, 0.3) is 0 Å². The first-order chi connectivity index (χ1) is 7.17. The van der Waals surface area contributed by atoms with Crippen molar-refractivity contribution in [2.75, 3.05) is 13.7 Å². The largest absolute Gasteiger partial charge is 0.469 e. The fourth-order valence-corrected chi connectivity index (χ4v) is 1.55. The van der Waals surface area contributed by atoms with Gasteiger partial charge in [0, 0.05) is 6.54 Å². The molecule has 1 atom stereocenters. The van der Waals surface area contributed by atoms with E-state index in [0.29, 0.717) is 13.0 Å². The van der Waals surface area contributed by atoms with Gasteiger partial charge in [-0.05, 0) is 18.9 Å². The molecule has 1 rings (SSSR count). The van der Waals surface area contributed by atoms with Crippen LogP contribution < -0.4 is 5.73 Å². The highest BCUT2D eigenvalue weighted by Crippen LogP contribution is 2.11. The molecule has 0 unspecified atom stereocenters. The highest BCUT2D eigenvalue weighted by Gasteiger charge is 2.17. The predicted octanol–water partition coefficient (Wildman–Crippen LogP) is 1.29. The van der Waals surface area contributed by atoms with Crippen molar-refractivity contribution in [3.63, 3.8) is 0 Å². The quantitative estimate of drug-likeness (QED) is 0.757. The number of benzene rings is 1. The Labute approximate surface area is 90.2 Å². The standard InChI is InChI=1S/C12H17NO2/c1-9-4-3-5-10(6-9)7-11(8-13)12(14)15-2/h3-6,11H,7-8,13H2,1-2H3/t11-/m0/s1. The molecule has 0 spiro atoms. The molecule has 0 fully saturated rings. The van der Waals surface area contributed by atoms with Crippen molar-refractivity contribution in [1.82, 2.24) is 0 Å². The van der Waals surface area contributed by atoms with E-state index in [1.165, 1.54) is 12.7 Å². The van der Waals surface area contributed by atoms with Crippen LogP contribution in [0, 0.1) is 12.8 Å². The third-order valence-electron chi connectivity index (χ3n) is 2.38. The second kappa shape index (κ2) is 5.51. The van der Waals surface area contributed by atoms with Crippen LogP contribution in [0.2, 0.25) is 0 Å². The summed E-state index contributed by atoms with van der Waals surface area (Å²) in [6.45, 7) is 2.35. The van der Waals surface area contributed by atoms with Gasteiger partial charge in [-0.1, -0.05) is 29.8 Å². The van der Waals surface area contributed by atoms with Crippen LogP contribution >= 0.6 is 0 Å². The molecule has 3 heteroatoms. The molecule has 0 saturated heterocycles. The number of nitrogens with two attached hydrogens (primary N) is 1. The Kier molecular flexibility index (Phi) is 4.31. The second-order valence-corrected chi connectivity index (χ2v) is 3.65. The Morgan fingerprint density at radius 3 is 2.80 bits per heavy atom. The first-order valence-corrected chi connectivity index (χ1v) is 5.00. The third-order valence-corrected chi connectivity index (χ3v) is 2.38. The number of aryl methyl sites for hydroxylation is 1. The smallest absolute Gasteiger partial charge is 0.310 e. The number of rotatable bonds is 4. The van der Waals surface area contributed by atoms with Gasteiger partial charge >= 0.3 is 5.97 Å². The monoisotopic (exact) mass is 207 g/mol. The van der Waals surface area contributed by atoms with E-state index in [4.69, 9.17) is 5.73 Å². The first-order valence-electron chi connectivity index (χ1n) is 5.00. The number of esters is 1. The van der Waals surface area contributed by atoms with Crippen molar-refractivity contribution in [1.29, 1.82) is 0 Å². The molecule has 0 aliphatic rings. The van der Waals surface area contributed by atoms with Crippen LogP contribution in [0.3, 0.4) is 0 Å². The lowest BCUT2D eigenvalue weighted by Gasteiger charge is -2.12. The Balaban J connectivity index is 2.70. The number of carbonyl (C=O) groups is 1. The molecule has 0 radical (unpaired) electrons. The molecule has 0 bridgehead atoms. The van der Waals surface area contributed by atoms with Crippen LogP contribution in [-0.4, -0.2) is 19.6 Å². The van der Waals surface area contributed by atoms with Gasteiger partial charge in [-0.2, -0.15) is 0 Å². The van der Waals surface area contributed by atoms with Crippen LogP contribution in [0.5, 0.6) is 0 Å². The van der Waals surface area contributed by atoms with E-state index in [1.807, 2.05) is 25.1 Å². The lowest BCUT2D eigenvalue weighted by molar-refractivity contribution is -0.145. The number of hydrogen-bond acceptors (Lipinski definition) is 3. The zero-order valence-electron chi connectivity index (χ0n) is 9.19. The third kappa shape index (κ3) is 3.36. The number of ether oxygens (including phenoxy) is 1. The Bertz CT molecular complexity index is 336. The Morgan fingerprint density at radius 1 is 1.53 bits per heavy atom. The molecule has 0 saturated carbocycles. The molecule has 2 N–H and O–H groups in total. The first kappa shape index (κ1) is 11.7. The maximum Gasteiger partial charge on any atom is 0.310 e. The van der Waals surface area contributed by atoms with Crippen LogP contribution in [0.15, 0.2) is 24.3 Å². The van der Waals surface area contributed by atoms with Gasteiger partial charge in [0.05, 0.1) is 13.0 Å². The topological polar surface area (TPSA) is 52.3 Å². The molecular formula is C12H17NO2. The summed E-state index contributed by atoms with van der Waals surface area (Å²) < 4.78 is 4.69. The fraction of sp³-hybridized carbons (Fsp3) is 0.417. The summed E-state index contributed by atoms with van der Waals surface area (Å²) in [5.41, 5.74) is 7.84. The van der Waals surface area contributed by atoms with Crippen molar-refractivity contribution in [2.24, 2.45) is 11.7 Å². The van der Waals surface area contributed by atoms with Gasteiger partial charge in [0.15, 0.2) is 0 Å². The SMILES string of the molecule is COC(=O)[C@H](CN)Cc1cccc(C)c1. The van der Waals surface area contributed by atoms with E-state index in [9.17, 15) is 4.79 Å². The summed E-state index contributed by atoms with van der Waals surface area (Å²) in [5, 5.41) is 0. The fourth-order valence-electron chi connectivity index (χ4n) is 1.55. The molecule has 82 valence electrons. The summed E-state index contributed by atoms with van der Waals surface area (Å²) in [7, 11) is 1.39. The van der Waals surface area contributed by atoms with Gasteiger partial charge in [-0.25, -0.2) is 0 Å². The summed E-state index contributed by atoms with van der Waals surface area (Å²) >= 11 is 0. The van der Waals surface area contributed by atoms with E-state index < -0.39 is 0 Å². The predicted molar refractivity (Wildman–Crippen MR) is 59.4 cm³/mol. The number of methoxy groups -OCH3 is 1. The minimum Gasteiger partial charge on any atom is -0.469 e. The zero-order chi connectivity index (χ0) is 11.3. The minimum absolute atomic E-state index is 0.237. The molecule has 3 nitrogen and oxygen atoms in total. The van der Waals surface area contributed by atoms with E-state index in [-0.39, 0.29) is 11.9 Å². The van der Waals surface area contributed by atoms with Gasteiger partial charge in [0.1, 0.15) is 0 Å². The molecule has 0 aliphatic carbocycles. The van der Waals surface area contributed by atoms with Gasteiger partial charge in [-0.15, -0.1) is 0 Å². The molecule has 1 aromatic rings. The van der Waals surface area contributed by atoms with E-state index in [2.05, 4.69) is 10.8 Å². The van der Waals surface area contributed by atoms with Gasteiger partial charge in [-0.3, -0.25) is 4.79 Å². The van der Waals surface area contributed by atoms with Crippen LogP contribution in [0.1, 0.15) is 11.1 Å². The number of hydrogen-bond donors (Lipinski definition) is 1. The maximum atomic E-state index is 11.3. The van der Waals surface area contributed by atoms with E-state index in [1.54, 1.807) is 0 Å². The van der Waals surface area contributed by atoms with Crippen LogP contribution in [0.4, 0.5) is 0 Å². The highest BCUT2D eigenvalue weighted by molar-refractivity contribution is 5.72. The average Bonchev–Trinajstić information content (AvgIpc) is 2.25. The van der Waals surface area contributed by atoms with Crippen molar-refractivity contribution in [2.45, 2.75) is 13.3 Å². The summed E-state index contributed by atoms with van der Waals surface area (Å²) in [5.74, 6) is -0.476. The molecule has 0 aliphatic heterocycles. The lowest BCUT2D eigenvalue weighted by Crippen LogP contribution is -2.26. The molecule has 0 amide bonds. The molecule has 15 heavy (non-hydrogen) atoms. The van der Waals surface area contributed by atoms with Gasteiger partial charge in [0.25, 0.3) is 0 Å². The molecular weight excluding hydrogens is 190 g/mol. The maximum absolute atomic E-state index is 11.3. The van der Waals surface area contributed by atoms with Crippen molar-refractivity contribution < 1.29 is 9.53 Å². The highest BCUT2D eigenvalue weighted by atomic mass is 16.5. The van der Waals surface area contributed by atoms with Crippen molar-refractivity contribution >= 4 is 5.97 Å². The minimum atomic E-state index is -0.239. The Morgan fingerprint density at radius 2 is 2.27 bits per heavy atom. The lowest BCUT2D eigenvalue weighted by atomic mass is 9.98. The zero-order valence-corrected chi connectivity index (χ0v) is 9.19. The van der Waals surface area contributed by atoms with Crippen LogP contribution in [-0.2, 0) is 16.0 Å². The summed E-state index contributed by atoms with van der Waals surface area (Å²) in [4.78, 5) is 11.3. The van der Waals surface area contributed by atoms with E-state index >= 15 is 0 Å². The molecule has 0 aromatic heterocycles. The summed E-state index contributed by atoms with van der Waals surface area (Å²) in [6, 6.07) is 8.07. The van der Waals surface area contributed by atoms with E-state index in [0.717, 1.165) is 5.56 Å². The van der Waals surface area contributed by atoms with Gasteiger partial charge in [0.2, 0.25) is 0 Å². The Hall–Kier alpha value is -1.35. The average molecular weight is 207 g/mol. The molecule has 0 heterocycles. The number of carbonyl (C=O) groups excluding carboxylic acids is 1. The molecule has 1 aromatic carbocycles. The summed E-state index contributed by atoms with van der Waals surface area (Å²) in [6.07, 6.45) is 0.644. The van der Waals surface area contributed by atoms with Crippen molar-refractivity contribution in [3.8, 4) is 0 Å². The second-order valence-electron chi connectivity index (χ2n) is 3.65. The van der Waals surface area contributed by atoms with Gasteiger partial charge < -0.3 is 10.5 Å². The van der Waals surface area contributed by atoms with Crippen molar-refractivity contribution in [3.05, 3.63) is 35.4 Å². The normalized spacial score (nSPS) is 12.2.